The molecule has 1 fully saturated rings. The Labute approximate surface area is 228 Å². The number of ether oxygens (including phenoxy) is 2. The van der Waals surface area contributed by atoms with Crippen LogP contribution in [0.1, 0.15) is 74.3 Å². The van der Waals surface area contributed by atoms with Crippen molar-refractivity contribution in [1.29, 1.82) is 0 Å². The normalized spacial score (nSPS) is 17.3. The fraction of sp³-hybridized carbons (Fsp3) is 0.655. The zero-order valence-electron chi connectivity index (χ0n) is 24.8. The van der Waals surface area contributed by atoms with Gasteiger partial charge in [-0.3, -0.25) is 14.9 Å². The van der Waals surface area contributed by atoms with Gasteiger partial charge < -0.3 is 14.4 Å². The van der Waals surface area contributed by atoms with Crippen LogP contribution >= 0.6 is 0 Å². The van der Waals surface area contributed by atoms with E-state index in [0.29, 0.717) is 18.3 Å². The van der Waals surface area contributed by atoms with Crippen LogP contribution in [-0.2, 0) is 30.3 Å². The van der Waals surface area contributed by atoms with E-state index in [1.165, 1.54) is 11.9 Å². The number of amides is 3. The fourth-order valence-corrected chi connectivity index (χ4v) is 3.58. The van der Waals surface area contributed by atoms with Gasteiger partial charge in [0.15, 0.2) is 6.04 Å². The lowest BCUT2D eigenvalue weighted by molar-refractivity contribution is -0.162. The van der Waals surface area contributed by atoms with Crippen molar-refractivity contribution in [2.45, 2.75) is 98.9 Å². The molecule has 9 nitrogen and oxygen atoms in total. The Bertz CT molecular complexity index is 930. The maximum absolute atomic E-state index is 13.2. The molecule has 1 aromatic rings. The number of esters is 2. The molecule has 0 bridgehead atoms. The third kappa shape index (κ3) is 11.6. The van der Waals surface area contributed by atoms with Crippen molar-refractivity contribution < 1.29 is 28.7 Å². The van der Waals surface area contributed by atoms with E-state index in [1.54, 1.807) is 34.6 Å². The Kier molecular flexibility index (Phi) is 12.4. The molecule has 38 heavy (non-hydrogen) atoms. The van der Waals surface area contributed by atoms with Gasteiger partial charge in [0, 0.05) is 7.05 Å². The topological polar surface area (TPSA) is 105 Å². The molecule has 214 valence electrons. The van der Waals surface area contributed by atoms with Crippen molar-refractivity contribution in [2.75, 3.05) is 20.2 Å². The third-order valence-electron chi connectivity index (χ3n) is 5.16. The highest BCUT2D eigenvalue weighted by Crippen LogP contribution is 2.20. The summed E-state index contributed by atoms with van der Waals surface area (Å²) in [4.78, 5) is 53.3. The fourth-order valence-electron chi connectivity index (χ4n) is 3.58. The zero-order valence-corrected chi connectivity index (χ0v) is 24.8. The van der Waals surface area contributed by atoms with E-state index >= 15 is 0 Å². The molecule has 0 radical (unpaired) electrons. The summed E-state index contributed by atoms with van der Waals surface area (Å²) in [5.41, 5.74) is 0.792. The Morgan fingerprint density at radius 1 is 1.05 bits per heavy atom. The lowest BCUT2D eigenvalue weighted by atomic mass is 10.0. The predicted molar refractivity (Wildman–Crippen MR) is 147 cm³/mol. The van der Waals surface area contributed by atoms with Crippen molar-refractivity contribution in [1.82, 2.24) is 15.1 Å². The lowest BCUT2D eigenvalue weighted by Crippen LogP contribution is -2.55. The molecular formula is C29H47N3O6. The number of nitrogens with one attached hydrogen (secondary N) is 1. The highest BCUT2D eigenvalue weighted by Gasteiger charge is 2.46. The highest BCUT2D eigenvalue weighted by atomic mass is 16.6. The first-order chi connectivity index (χ1) is 17.4. The first kappa shape index (κ1) is 33.1. The standard InChI is InChI=1S/C24H35N3O6.C5H12/c1-7-32-21(29)18(14-13-17-11-9-8-10-12-17)25-16(2)20(28)27-19(15-26(6)23(27)31)22(30)33-24(3,4)5;1-5(2,3)4/h8-12,16,18-19,25H,7,13-15H2,1-6H3;1-4H3. The number of nitrogens with zero attached hydrogens (tertiary/aromatic N) is 2. The minimum atomic E-state index is -1.05. The average Bonchev–Trinajstić information content (AvgIpc) is 3.09. The van der Waals surface area contributed by atoms with E-state index in [-0.39, 0.29) is 13.2 Å². The molecule has 3 unspecified atom stereocenters. The van der Waals surface area contributed by atoms with Gasteiger partial charge >= 0.3 is 18.0 Å². The number of imide groups is 1. The minimum absolute atomic E-state index is 0.0432. The molecule has 3 atom stereocenters. The summed E-state index contributed by atoms with van der Waals surface area (Å²) in [6.45, 7) is 17.4. The Balaban J connectivity index is 0.00000132. The molecule has 0 spiro atoms. The average molecular weight is 534 g/mol. The second-order valence-electron chi connectivity index (χ2n) is 12.1. The smallest absolute Gasteiger partial charge is 0.331 e. The summed E-state index contributed by atoms with van der Waals surface area (Å²) in [6, 6.07) is 6.37. The van der Waals surface area contributed by atoms with Gasteiger partial charge in [-0.2, -0.15) is 0 Å². The largest absolute Gasteiger partial charge is 0.465 e. The summed E-state index contributed by atoms with van der Waals surface area (Å²) in [7, 11) is 1.52. The molecule has 9 heteroatoms. The number of benzene rings is 1. The van der Waals surface area contributed by atoms with Crippen LogP contribution in [-0.4, -0.2) is 77.6 Å². The van der Waals surface area contributed by atoms with Crippen molar-refractivity contribution in [3.8, 4) is 0 Å². The molecule has 0 aliphatic carbocycles. The number of rotatable bonds is 9. The molecule has 1 aromatic carbocycles. The quantitative estimate of drug-likeness (QED) is 0.475. The van der Waals surface area contributed by atoms with Crippen LogP contribution in [0.4, 0.5) is 4.79 Å². The van der Waals surface area contributed by atoms with Crippen LogP contribution in [0.15, 0.2) is 30.3 Å². The molecular weight excluding hydrogens is 486 g/mol. The number of urea groups is 1. The number of hydrogen-bond donors (Lipinski definition) is 1. The maximum atomic E-state index is 13.2. The van der Waals surface area contributed by atoms with Crippen LogP contribution in [0.3, 0.4) is 0 Å². The Morgan fingerprint density at radius 2 is 1.61 bits per heavy atom. The SMILES string of the molecule is CC(C)(C)C.CCOC(=O)C(CCc1ccccc1)NC(C)C(=O)N1C(=O)N(C)CC1C(=O)OC(C)(C)C. The Morgan fingerprint density at radius 3 is 2.11 bits per heavy atom. The van der Waals surface area contributed by atoms with Crippen molar-refractivity contribution in [3.05, 3.63) is 35.9 Å². The number of aryl methyl sites for hydroxylation is 1. The van der Waals surface area contributed by atoms with Crippen molar-refractivity contribution in [3.63, 3.8) is 0 Å². The second kappa shape index (κ2) is 14.3. The van der Waals surface area contributed by atoms with Crippen LogP contribution in [0, 0.1) is 5.41 Å². The van der Waals surface area contributed by atoms with Crippen LogP contribution in [0.25, 0.3) is 0 Å². The first-order valence-electron chi connectivity index (χ1n) is 13.2. The van der Waals surface area contributed by atoms with Gasteiger partial charge in [-0.25, -0.2) is 14.5 Å². The number of hydrogen-bond acceptors (Lipinski definition) is 7. The van der Waals surface area contributed by atoms with Gasteiger partial charge in [-0.05, 0) is 58.4 Å². The van der Waals surface area contributed by atoms with Gasteiger partial charge in [-0.1, -0.05) is 58.0 Å². The summed E-state index contributed by atoms with van der Waals surface area (Å²) in [5.74, 6) is -1.72. The van der Waals surface area contributed by atoms with Crippen molar-refractivity contribution >= 4 is 23.9 Å². The molecule has 3 amide bonds. The first-order valence-corrected chi connectivity index (χ1v) is 13.2. The summed E-state index contributed by atoms with van der Waals surface area (Å²) < 4.78 is 10.6. The Hall–Kier alpha value is -2.94. The minimum Gasteiger partial charge on any atom is -0.465 e. The van der Waals surface area contributed by atoms with Gasteiger partial charge in [0.2, 0.25) is 5.91 Å². The molecule has 1 heterocycles. The van der Waals surface area contributed by atoms with Crippen molar-refractivity contribution in [2.24, 2.45) is 5.41 Å². The van der Waals surface area contributed by atoms with E-state index in [2.05, 4.69) is 33.0 Å². The monoisotopic (exact) mass is 533 g/mol. The van der Waals surface area contributed by atoms with E-state index in [4.69, 9.17) is 9.47 Å². The number of carbonyl (C=O) groups is 4. The summed E-state index contributed by atoms with van der Waals surface area (Å²) in [5, 5.41) is 3.00. The third-order valence-corrected chi connectivity index (χ3v) is 5.16. The van der Waals surface area contributed by atoms with Gasteiger partial charge in [0.05, 0.1) is 19.2 Å². The number of likely N-dealkylation sites (N-methyl/N-ethyl adjacent to an activating group) is 1. The molecule has 2 rings (SSSR count). The van der Waals surface area contributed by atoms with E-state index in [0.717, 1.165) is 10.5 Å². The van der Waals surface area contributed by atoms with Gasteiger partial charge in [-0.15, -0.1) is 0 Å². The maximum Gasteiger partial charge on any atom is 0.331 e. The molecule has 1 aliphatic rings. The van der Waals surface area contributed by atoms with E-state index < -0.39 is 47.6 Å². The summed E-state index contributed by atoms with van der Waals surface area (Å²) >= 11 is 0. The summed E-state index contributed by atoms with van der Waals surface area (Å²) in [6.07, 6.45) is 1.01. The highest BCUT2D eigenvalue weighted by molar-refractivity contribution is 6.03. The lowest BCUT2D eigenvalue weighted by Gasteiger charge is -2.28. The predicted octanol–water partition coefficient (Wildman–Crippen LogP) is 4.19. The van der Waals surface area contributed by atoms with Gasteiger partial charge in [0.25, 0.3) is 0 Å². The molecule has 1 N–H and O–H groups in total. The second-order valence-corrected chi connectivity index (χ2v) is 12.1. The molecule has 1 aliphatic heterocycles. The number of carbonyl (C=O) groups excluding carboxylic acids is 4. The van der Waals surface area contributed by atoms with Crippen LogP contribution in [0.5, 0.6) is 0 Å². The molecule has 0 saturated carbocycles. The van der Waals surface area contributed by atoms with E-state index in [1.807, 2.05) is 30.3 Å². The molecule has 0 aromatic heterocycles. The molecule has 1 saturated heterocycles. The van der Waals surface area contributed by atoms with Gasteiger partial charge in [0.1, 0.15) is 11.6 Å². The van der Waals surface area contributed by atoms with E-state index in [9.17, 15) is 19.2 Å². The van der Waals surface area contributed by atoms with Crippen LogP contribution in [0.2, 0.25) is 0 Å². The van der Waals surface area contributed by atoms with Crippen LogP contribution < -0.4 is 5.32 Å². The zero-order chi connectivity index (χ0) is 29.3.